The third-order valence-electron chi connectivity index (χ3n) is 19.2. The summed E-state index contributed by atoms with van der Waals surface area (Å²) in [6, 6.07) is -0.541. The molecule has 2 unspecified atom stereocenters. The Morgan fingerprint density at radius 2 is 0.562 bits per heavy atom. The molecular formula is C83H159NO5. The number of amides is 1. The van der Waals surface area contributed by atoms with E-state index < -0.39 is 12.1 Å². The van der Waals surface area contributed by atoms with Gasteiger partial charge in [-0.25, -0.2) is 0 Å². The molecule has 6 nitrogen and oxygen atoms in total. The van der Waals surface area contributed by atoms with Crippen LogP contribution in [0.15, 0.2) is 36.5 Å². The molecule has 0 radical (unpaired) electrons. The van der Waals surface area contributed by atoms with Crippen molar-refractivity contribution in [3.8, 4) is 0 Å². The van der Waals surface area contributed by atoms with Gasteiger partial charge in [-0.05, 0) is 83.5 Å². The Labute approximate surface area is 557 Å². The second-order valence-corrected chi connectivity index (χ2v) is 28.1. The highest BCUT2D eigenvalue weighted by molar-refractivity contribution is 5.76. The van der Waals surface area contributed by atoms with Gasteiger partial charge >= 0.3 is 5.97 Å². The minimum atomic E-state index is -0.664. The van der Waals surface area contributed by atoms with Gasteiger partial charge in [-0.1, -0.05) is 397 Å². The Hall–Kier alpha value is -1.92. The number of nitrogens with one attached hydrogen (secondary N) is 1. The SMILES string of the molecule is CCCCC/C=C\CCCCCCCC(=O)OCCCCCCCCCCCCCCC/C=C\C/C=C\CCCCCCCCCCCCCCCCCCCC(=O)NC(CO)C(O)CCCCCCCCCCCCCCCCCCCCCCCCC. The van der Waals surface area contributed by atoms with Crippen molar-refractivity contribution < 1.29 is 24.5 Å². The Balaban J connectivity index is 3.37. The summed E-state index contributed by atoms with van der Waals surface area (Å²) in [5.41, 5.74) is 0. The highest BCUT2D eigenvalue weighted by atomic mass is 16.5. The minimum Gasteiger partial charge on any atom is -0.466 e. The van der Waals surface area contributed by atoms with Gasteiger partial charge in [-0.15, -0.1) is 0 Å². The Morgan fingerprint density at radius 1 is 0.315 bits per heavy atom. The molecule has 0 saturated heterocycles. The number of rotatable bonds is 77. The van der Waals surface area contributed by atoms with Crippen LogP contribution in [0.25, 0.3) is 0 Å². The van der Waals surface area contributed by atoms with E-state index in [0.717, 1.165) is 51.4 Å². The van der Waals surface area contributed by atoms with E-state index in [1.165, 1.54) is 372 Å². The van der Waals surface area contributed by atoms with Crippen LogP contribution >= 0.6 is 0 Å². The summed E-state index contributed by atoms with van der Waals surface area (Å²) in [7, 11) is 0. The number of hydrogen-bond acceptors (Lipinski definition) is 5. The molecule has 0 bridgehead atoms. The van der Waals surface area contributed by atoms with Crippen LogP contribution in [0.1, 0.15) is 457 Å². The van der Waals surface area contributed by atoms with Crippen molar-refractivity contribution in [1.82, 2.24) is 5.32 Å². The molecule has 0 aromatic rings. The maximum atomic E-state index is 12.6. The summed E-state index contributed by atoms with van der Waals surface area (Å²) in [6.07, 6.45) is 103. The molecule has 0 aliphatic rings. The highest BCUT2D eigenvalue weighted by Crippen LogP contribution is 2.20. The quantitative estimate of drug-likeness (QED) is 0.0320. The molecule has 1 amide bonds. The van der Waals surface area contributed by atoms with E-state index in [1.54, 1.807) is 0 Å². The van der Waals surface area contributed by atoms with Gasteiger partial charge in [0.2, 0.25) is 5.91 Å². The Morgan fingerprint density at radius 3 is 0.888 bits per heavy atom. The molecule has 0 fully saturated rings. The molecule has 0 aliphatic carbocycles. The number of carbonyl (C=O) groups is 2. The van der Waals surface area contributed by atoms with Gasteiger partial charge in [0.1, 0.15) is 0 Å². The smallest absolute Gasteiger partial charge is 0.305 e. The van der Waals surface area contributed by atoms with Crippen LogP contribution in [0.5, 0.6) is 0 Å². The first-order valence-electron chi connectivity index (χ1n) is 40.7. The highest BCUT2D eigenvalue weighted by Gasteiger charge is 2.20. The third kappa shape index (κ3) is 75.0. The lowest BCUT2D eigenvalue weighted by Crippen LogP contribution is -2.45. The number of ether oxygens (including phenoxy) is 1. The summed E-state index contributed by atoms with van der Waals surface area (Å²) < 4.78 is 5.48. The number of carbonyl (C=O) groups excluding carboxylic acids is 2. The van der Waals surface area contributed by atoms with E-state index in [2.05, 4.69) is 55.6 Å². The predicted octanol–water partition coefficient (Wildman–Crippen LogP) is 27.0. The molecule has 3 N–H and O–H groups in total. The number of allylic oxidation sites excluding steroid dienone is 6. The van der Waals surface area contributed by atoms with Gasteiger partial charge < -0.3 is 20.3 Å². The summed E-state index contributed by atoms with van der Waals surface area (Å²) in [4.78, 5) is 24.6. The van der Waals surface area contributed by atoms with Crippen molar-refractivity contribution in [2.75, 3.05) is 13.2 Å². The Kier molecular flexibility index (Phi) is 76.8. The zero-order valence-electron chi connectivity index (χ0n) is 60.4. The monoisotopic (exact) mass is 1250 g/mol. The first kappa shape index (κ1) is 87.1. The second-order valence-electron chi connectivity index (χ2n) is 28.1. The molecule has 0 rings (SSSR count). The number of hydrogen-bond donors (Lipinski definition) is 3. The van der Waals surface area contributed by atoms with E-state index in [1.807, 2.05) is 0 Å². The number of aliphatic hydroxyl groups excluding tert-OH is 2. The fourth-order valence-corrected chi connectivity index (χ4v) is 13.0. The number of esters is 1. The summed E-state index contributed by atoms with van der Waals surface area (Å²) in [5.74, 6) is -0.0175. The predicted molar refractivity (Wildman–Crippen MR) is 393 cm³/mol. The van der Waals surface area contributed by atoms with Crippen molar-refractivity contribution in [2.24, 2.45) is 0 Å². The normalized spacial score (nSPS) is 12.6. The van der Waals surface area contributed by atoms with Gasteiger partial charge in [0.25, 0.3) is 0 Å². The van der Waals surface area contributed by atoms with Crippen LogP contribution in [-0.2, 0) is 14.3 Å². The molecule has 2 atom stereocenters. The molecule has 0 aromatic heterocycles. The van der Waals surface area contributed by atoms with Gasteiger partial charge in [-0.3, -0.25) is 9.59 Å². The topological polar surface area (TPSA) is 95.9 Å². The number of aliphatic hydroxyl groups is 2. The first-order chi connectivity index (χ1) is 44.0. The molecular weight excluding hydrogens is 1090 g/mol. The molecule has 89 heavy (non-hydrogen) atoms. The molecule has 0 aromatic carbocycles. The molecule has 0 spiro atoms. The van der Waals surface area contributed by atoms with Gasteiger partial charge in [-0.2, -0.15) is 0 Å². The summed E-state index contributed by atoms with van der Waals surface area (Å²) in [5, 5.41) is 23.5. The van der Waals surface area contributed by atoms with E-state index in [-0.39, 0.29) is 18.5 Å². The lowest BCUT2D eigenvalue weighted by Gasteiger charge is -2.22. The molecule has 0 heterocycles. The fraction of sp³-hybridized carbons (Fsp3) is 0.904. The van der Waals surface area contributed by atoms with Crippen molar-refractivity contribution in [1.29, 1.82) is 0 Å². The van der Waals surface area contributed by atoms with Crippen LogP contribution in [0, 0.1) is 0 Å². The maximum Gasteiger partial charge on any atom is 0.305 e. The van der Waals surface area contributed by atoms with Crippen LogP contribution in [0.4, 0.5) is 0 Å². The molecule has 0 aliphatic heterocycles. The molecule has 526 valence electrons. The molecule has 6 heteroatoms. The summed E-state index contributed by atoms with van der Waals surface area (Å²) in [6.45, 7) is 4.97. The van der Waals surface area contributed by atoms with Gasteiger partial charge in [0, 0.05) is 12.8 Å². The van der Waals surface area contributed by atoms with Crippen molar-refractivity contribution in [3.63, 3.8) is 0 Å². The minimum absolute atomic E-state index is 0.00924. The van der Waals surface area contributed by atoms with Crippen LogP contribution in [-0.4, -0.2) is 47.4 Å². The van der Waals surface area contributed by atoms with Crippen molar-refractivity contribution in [3.05, 3.63) is 36.5 Å². The largest absolute Gasteiger partial charge is 0.466 e. The second kappa shape index (κ2) is 78.5. The van der Waals surface area contributed by atoms with Gasteiger partial charge in [0.05, 0.1) is 25.4 Å². The van der Waals surface area contributed by atoms with Crippen LogP contribution in [0.3, 0.4) is 0 Å². The first-order valence-corrected chi connectivity index (χ1v) is 40.7. The van der Waals surface area contributed by atoms with E-state index in [4.69, 9.17) is 4.74 Å². The van der Waals surface area contributed by atoms with E-state index in [0.29, 0.717) is 25.9 Å². The van der Waals surface area contributed by atoms with Crippen LogP contribution < -0.4 is 5.32 Å². The third-order valence-corrected chi connectivity index (χ3v) is 19.2. The maximum absolute atomic E-state index is 12.6. The standard InChI is InChI=1S/C83H159NO5/c1-3-5-7-9-11-13-15-17-18-19-20-21-37-40-43-46-49-52-55-59-63-67-71-75-81(86)80(79-85)84-82(87)76-72-68-64-60-56-53-50-47-44-41-38-35-33-31-29-27-25-23-22-24-26-28-30-32-34-36-39-42-45-48-51-54-58-62-66-70-74-78-89-83(88)77-73-69-65-61-57-16-14-12-10-8-6-4-2/h12,14,22,24,28,30,80-81,85-86H,3-11,13,15-21,23,25-27,29,31-79H2,1-2H3,(H,84,87)/b14-12-,24-22-,30-28-. The van der Waals surface area contributed by atoms with E-state index >= 15 is 0 Å². The zero-order chi connectivity index (χ0) is 64.2. The molecule has 0 saturated carbocycles. The average Bonchev–Trinajstić information content (AvgIpc) is 3.65. The Bertz CT molecular complexity index is 1440. The fourth-order valence-electron chi connectivity index (χ4n) is 13.0. The van der Waals surface area contributed by atoms with Crippen LogP contribution in [0.2, 0.25) is 0 Å². The summed E-state index contributed by atoms with van der Waals surface area (Å²) >= 11 is 0. The number of unbranched alkanes of at least 4 members (excludes halogenated alkanes) is 60. The lowest BCUT2D eigenvalue weighted by atomic mass is 10.0. The lowest BCUT2D eigenvalue weighted by molar-refractivity contribution is -0.143. The van der Waals surface area contributed by atoms with Crippen molar-refractivity contribution >= 4 is 11.9 Å². The average molecular weight is 1250 g/mol. The van der Waals surface area contributed by atoms with E-state index in [9.17, 15) is 19.8 Å². The van der Waals surface area contributed by atoms with Crippen molar-refractivity contribution in [2.45, 2.75) is 469 Å². The van der Waals surface area contributed by atoms with Gasteiger partial charge in [0.15, 0.2) is 0 Å². The zero-order valence-corrected chi connectivity index (χ0v) is 60.4.